The van der Waals surface area contributed by atoms with Crippen molar-refractivity contribution in [3.63, 3.8) is 0 Å². The fourth-order valence-corrected chi connectivity index (χ4v) is 5.27. The predicted molar refractivity (Wildman–Crippen MR) is 137 cm³/mol. The quantitative estimate of drug-likeness (QED) is 0.402. The standard InChI is InChI=1S/C28H25FN6O/c1-17-13-18(2)25-21(14-17)15-23(28(36)30-25)26(34-12-11-20-5-3-4-6-24(20)34)27-31-32-33-35(27)16-19-7-9-22(29)10-8-19/h3-10,13-15,26H,11-12,16H2,1-2H3,(H,30,36)/t26-/m1/s1. The van der Waals surface area contributed by atoms with Crippen molar-refractivity contribution in [3.8, 4) is 0 Å². The SMILES string of the molecule is Cc1cc(C)c2[nH]c(=O)c([C@H](c3nnnn3Cc3ccc(F)cc3)N3CCc4ccccc43)cc2c1. The molecule has 0 spiro atoms. The lowest BCUT2D eigenvalue weighted by Gasteiger charge is -2.29. The monoisotopic (exact) mass is 480 g/mol. The summed E-state index contributed by atoms with van der Waals surface area (Å²) in [7, 11) is 0. The van der Waals surface area contributed by atoms with Crippen molar-refractivity contribution < 1.29 is 4.39 Å². The highest BCUT2D eigenvalue weighted by Crippen LogP contribution is 2.37. The number of para-hydroxylation sites is 1. The van der Waals surface area contributed by atoms with E-state index in [0.29, 0.717) is 17.9 Å². The third kappa shape index (κ3) is 3.84. The van der Waals surface area contributed by atoms with Gasteiger partial charge in [-0.1, -0.05) is 42.0 Å². The molecule has 1 N–H and O–H groups in total. The minimum absolute atomic E-state index is 0.167. The molecule has 7 nitrogen and oxygen atoms in total. The average molecular weight is 481 g/mol. The molecule has 8 heteroatoms. The Morgan fingerprint density at radius 2 is 1.86 bits per heavy atom. The lowest BCUT2D eigenvalue weighted by Crippen LogP contribution is -2.34. The predicted octanol–water partition coefficient (Wildman–Crippen LogP) is 4.47. The van der Waals surface area contributed by atoms with Gasteiger partial charge in [-0.3, -0.25) is 4.79 Å². The van der Waals surface area contributed by atoms with E-state index in [2.05, 4.69) is 56.6 Å². The highest BCUT2D eigenvalue weighted by molar-refractivity contribution is 5.83. The van der Waals surface area contributed by atoms with Crippen LogP contribution in [0.1, 0.15) is 39.7 Å². The van der Waals surface area contributed by atoms with Crippen LogP contribution in [-0.2, 0) is 13.0 Å². The molecule has 1 aliphatic heterocycles. The Morgan fingerprint density at radius 1 is 1.06 bits per heavy atom. The Labute approximate surface area is 207 Å². The number of aromatic amines is 1. The van der Waals surface area contributed by atoms with E-state index >= 15 is 0 Å². The van der Waals surface area contributed by atoms with Crippen LogP contribution < -0.4 is 10.5 Å². The van der Waals surface area contributed by atoms with E-state index in [0.717, 1.165) is 46.2 Å². The normalized spacial score (nSPS) is 13.8. The number of H-pyrrole nitrogens is 1. The van der Waals surface area contributed by atoms with E-state index in [1.165, 1.54) is 17.7 Å². The number of tetrazole rings is 1. The molecule has 3 aromatic carbocycles. The summed E-state index contributed by atoms with van der Waals surface area (Å²) in [4.78, 5) is 18.9. The first-order chi connectivity index (χ1) is 17.5. The summed E-state index contributed by atoms with van der Waals surface area (Å²) in [6, 6.07) is 20.1. The second-order valence-corrected chi connectivity index (χ2v) is 9.40. The fourth-order valence-electron chi connectivity index (χ4n) is 5.27. The van der Waals surface area contributed by atoms with Crippen molar-refractivity contribution in [3.05, 3.63) is 117 Å². The second-order valence-electron chi connectivity index (χ2n) is 9.40. The molecule has 0 fully saturated rings. The minimum Gasteiger partial charge on any atom is -0.357 e. The number of aryl methyl sites for hydroxylation is 2. The Bertz CT molecular complexity index is 1640. The number of rotatable bonds is 5. The van der Waals surface area contributed by atoms with Crippen LogP contribution in [0.2, 0.25) is 0 Å². The molecule has 0 unspecified atom stereocenters. The van der Waals surface area contributed by atoms with Gasteiger partial charge in [0.2, 0.25) is 0 Å². The summed E-state index contributed by atoms with van der Waals surface area (Å²) < 4.78 is 15.2. The largest absolute Gasteiger partial charge is 0.357 e. The maximum absolute atomic E-state index is 13.6. The molecule has 0 aliphatic carbocycles. The van der Waals surface area contributed by atoms with Crippen LogP contribution in [0.5, 0.6) is 0 Å². The van der Waals surface area contributed by atoms with E-state index in [4.69, 9.17) is 0 Å². The summed E-state index contributed by atoms with van der Waals surface area (Å²) in [6.07, 6.45) is 0.871. The number of anilines is 1. The van der Waals surface area contributed by atoms with Gasteiger partial charge in [-0.15, -0.1) is 5.10 Å². The molecule has 5 aromatic rings. The number of hydrogen-bond donors (Lipinski definition) is 1. The number of nitrogens with zero attached hydrogens (tertiary/aromatic N) is 5. The van der Waals surface area contributed by atoms with E-state index in [1.807, 2.05) is 25.1 Å². The fraction of sp³-hybridized carbons (Fsp3) is 0.214. The molecule has 6 rings (SSSR count). The topological polar surface area (TPSA) is 79.7 Å². The molecule has 3 heterocycles. The van der Waals surface area contributed by atoms with Crippen molar-refractivity contribution in [2.24, 2.45) is 0 Å². The van der Waals surface area contributed by atoms with Crippen LogP contribution >= 0.6 is 0 Å². The molecule has 180 valence electrons. The van der Waals surface area contributed by atoms with E-state index in [9.17, 15) is 9.18 Å². The summed E-state index contributed by atoms with van der Waals surface area (Å²) in [5.41, 5.74) is 6.56. The Morgan fingerprint density at radius 3 is 2.69 bits per heavy atom. The van der Waals surface area contributed by atoms with Gasteiger partial charge in [0.1, 0.15) is 11.9 Å². The molecule has 0 saturated carbocycles. The maximum Gasteiger partial charge on any atom is 0.254 e. The van der Waals surface area contributed by atoms with Gasteiger partial charge >= 0.3 is 0 Å². The summed E-state index contributed by atoms with van der Waals surface area (Å²) in [6.45, 7) is 5.15. The number of halogens is 1. The van der Waals surface area contributed by atoms with Crippen molar-refractivity contribution in [2.45, 2.75) is 32.9 Å². The zero-order valence-electron chi connectivity index (χ0n) is 20.1. The molecule has 1 atom stereocenters. The van der Waals surface area contributed by atoms with Crippen LogP contribution in [0.15, 0.2) is 71.5 Å². The zero-order valence-corrected chi connectivity index (χ0v) is 20.1. The van der Waals surface area contributed by atoms with Gasteiger partial charge in [-0.2, -0.15) is 0 Å². The van der Waals surface area contributed by atoms with Crippen LogP contribution in [-0.4, -0.2) is 31.7 Å². The Hall–Kier alpha value is -4.33. The minimum atomic E-state index is -0.502. The molecule has 0 amide bonds. The second kappa shape index (κ2) is 8.71. The third-order valence-corrected chi connectivity index (χ3v) is 6.90. The molecule has 1 aliphatic rings. The number of fused-ring (bicyclic) bond motifs is 2. The summed E-state index contributed by atoms with van der Waals surface area (Å²) in [5, 5.41) is 13.6. The summed E-state index contributed by atoms with van der Waals surface area (Å²) >= 11 is 0. The lowest BCUT2D eigenvalue weighted by atomic mass is 10.0. The molecule has 36 heavy (non-hydrogen) atoms. The van der Waals surface area contributed by atoms with Crippen LogP contribution in [0.3, 0.4) is 0 Å². The van der Waals surface area contributed by atoms with Crippen LogP contribution in [0.25, 0.3) is 10.9 Å². The molecular weight excluding hydrogens is 455 g/mol. The summed E-state index contributed by atoms with van der Waals surface area (Å²) in [5.74, 6) is 0.265. The van der Waals surface area contributed by atoms with Gasteiger partial charge in [0, 0.05) is 17.8 Å². The zero-order chi connectivity index (χ0) is 24.8. The van der Waals surface area contributed by atoms with E-state index < -0.39 is 6.04 Å². The number of hydrogen-bond acceptors (Lipinski definition) is 5. The maximum atomic E-state index is 13.6. The van der Waals surface area contributed by atoms with E-state index in [-0.39, 0.29) is 11.4 Å². The smallest absolute Gasteiger partial charge is 0.254 e. The first kappa shape index (κ1) is 22.2. The lowest BCUT2D eigenvalue weighted by molar-refractivity contribution is 0.576. The highest BCUT2D eigenvalue weighted by Gasteiger charge is 2.34. The molecular formula is C28H25FN6O. The van der Waals surface area contributed by atoms with Crippen molar-refractivity contribution in [1.29, 1.82) is 0 Å². The first-order valence-corrected chi connectivity index (χ1v) is 12.0. The molecule has 2 aromatic heterocycles. The van der Waals surface area contributed by atoms with Crippen LogP contribution in [0, 0.1) is 19.7 Å². The van der Waals surface area contributed by atoms with Crippen molar-refractivity contribution in [1.82, 2.24) is 25.2 Å². The molecule has 0 bridgehead atoms. The van der Waals surface area contributed by atoms with E-state index in [1.54, 1.807) is 16.8 Å². The van der Waals surface area contributed by atoms with Crippen molar-refractivity contribution >= 4 is 16.6 Å². The van der Waals surface area contributed by atoms with Crippen molar-refractivity contribution in [2.75, 3.05) is 11.4 Å². The van der Waals surface area contributed by atoms with Gasteiger partial charge in [-0.25, -0.2) is 9.07 Å². The molecule has 0 radical (unpaired) electrons. The van der Waals surface area contributed by atoms with Gasteiger partial charge in [0.25, 0.3) is 5.56 Å². The number of aromatic nitrogens is 5. The highest BCUT2D eigenvalue weighted by atomic mass is 19.1. The third-order valence-electron chi connectivity index (χ3n) is 6.90. The first-order valence-electron chi connectivity index (χ1n) is 12.0. The van der Waals surface area contributed by atoms with Gasteiger partial charge < -0.3 is 9.88 Å². The number of benzene rings is 3. The average Bonchev–Trinajstić information content (AvgIpc) is 3.49. The van der Waals surface area contributed by atoms with Gasteiger partial charge in [0.15, 0.2) is 5.82 Å². The Balaban J connectivity index is 1.53. The van der Waals surface area contributed by atoms with Gasteiger partial charge in [-0.05, 0) is 83.1 Å². The Kier molecular flexibility index (Phi) is 5.36. The number of nitrogens with one attached hydrogen (secondary N) is 1. The van der Waals surface area contributed by atoms with Crippen LogP contribution in [0.4, 0.5) is 10.1 Å². The van der Waals surface area contributed by atoms with Gasteiger partial charge in [0.05, 0.1) is 12.1 Å². The number of pyridine rings is 1. The molecule has 0 saturated heterocycles.